The Kier molecular flexibility index (Phi) is 6.24. The molecule has 1 amide bonds. The number of nitrogens with two attached hydrogens (primary N) is 1. The van der Waals surface area contributed by atoms with E-state index in [2.05, 4.69) is 10.2 Å². The molecule has 1 aromatic heterocycles. The molecule has 10 heteroatoms. The molecule has 2 aromatic rings. The van der Waals surface area contributed by atoms with Crippen LogP contribution in [0.15, 0.2) is 6.07 Å². The van der Waals surface area contributed by atoms with Gasteiger partial charge in [-0.3, -0.25) is 4.90 Å². The summed E-state index contributed by atoms with van der Waals surface area (Å²) in [6, 6.07) is 0.599. The highest BCUT2D eigenvalue weighted by Gasteiger charge is 2.37. The molecule has 0 saturated carbocycles. The number of hydrogen-bond acceptors (Lipinski definition) is 6. The van der Waals surface area contributed by atoms with Crippen LogP contribution in [-0.2, 0) is 24.8 Å². The monoisotopic (exact) mass is 439 g/mol. The zero-order valence-corrected chi connectivity index (χ0v) is 18.6. The van der Waals surface area contributed by atoms with Crippen LogP contribution in [0.5, 0.6) is 5.75 Å². The van der Waals surface area contributed by atoms with Crippen molar-refractivity contribution >= 4 is 17.7 Å². The van der Waals surface area contributed by atoms with Crippen LogP contribution >= 0.6 is 11.6 Å². The first-order chi connectivity index (χ1) is 14.0. The zero-order valence-electron chi connectivity index (χ0n) is 17.8. The van der Waals surface area contributed by atoms with Crippen molar-refractivity contribution in [2.75, 3.05) is 13.1 Å². The van der Waals surface area contributed by atoms with Gasteiger partial charge in [0.2, 0.25) is 0 Å². The molecular formula is C20H27ClFN5O3. The molecule has 0 unspecified atom stereocenters. The van der Waals surface area contributed by atoms with Gasteiger partial charge in [-0.25, -0.2) is 9.18 Å². The number of ether oxygens (including phenoxy) is 2. The largest absolute Gasteiger partial charge is 0.482 e. The fraction of sp³-hybridized carbons (Fsp3) is 0.550. The number of carbonyl (C=O) groups excluding carboxylic acids is 1. The Bertz CT molecular complexity index is 957. The summed E-state index contributed by atoms with van der Waals surface area (Å²) in [5.41, 5.74) is 6.54. The number of amides is 1. The number of halogens is 2. The van der Waals surface area contributed by atoms with Gasteiger partial charge in [-0.1, -0.05) is 11.6 Å². The number of rotatable bonds is 4. The van der Waals surface area contributed by atoms with Crippen LogP contribution in [0.1, 0.15) is 49.6 Å². The van der Waals surface area contributed by atoms with Crippen molar-refractivity contribution in [3.8, 4) is 5.75 Å². The van der Waals surface area contributed by atoms with Crippen LogP contribution in [-0.4, -0.2) is 44.4 Å². The van der Waals surface area contributed by atoms with Crippen molar-refractivity contribution in [2.45, 2.75) is 52.4 Å². The van der Waals surface area contributed by atoms with Gasteiger partial charge in [-0.2, -0.15) is 0 Å². The summed E-state index contributed by atoms with van der Waals surface area (Å²) in [4.78, 5) is 14.3. The van der Waals surface area contributed by atoms with Crippen LogP contribution in [0.4, 0.5) is 9.18 Å². The fourth-order valence-electron chi connectivity index (χ4n) is 3.45. The number of fused-ring (bicyclic) bond motifs is 1. The van der Waals surface area contributed by atoms with Gasteiger partial charge in [0.25, 0.3) is 0 Å². The smallest absolute Gasteiger partial charge is 0.410 e. The van der Waals surface area contributed by atoms with E-state index in [1.54, 1.807) is 32.4 Å². The molecule has 1 aliphatic heterocycles. The van der Waals surface area contributed by atoms with E-state index in [1.807, 2.05) is 6.92 Å². The molecular weight excluding hydrogens is 413 g/mol. The topological polar surface area (TPSA) is 95.5 Å². The van der Waals surface area contributed by atoms with E-state index in [0.29, 0.717) is 30.2 Å². The van der Waals surface area contributed by atoms with E-state index in [9.17, 15) is 9.18 Å². The maximum Gasteiger partial charge on any atom is 0.410 e. The maximum atomic E-state index is 14.9. The summed E-state index contributed by atoms with van der Waals surface area (Å²) in [5.74, 6) is 0.642. The lowest BCUT2D eigenvalue weighted by atomic mass is 9.91. The molecule has 2 N–H and O–H groups in total. The number of hydrogen-bond donors (Lipinski definition) is 1. The second-order valence-electron chi connectivity index (χ2n) is 8.25. The molecule has 0 fully saturated rings. The van der Waals surface area contributed by atoms with Crippen molar-refractivity contribution in [1.29, 1.82) is 0 Å². The second-order valence-corrected chi connectivity index (χ2v) is 8.66. The summed E-state index contributed by atoms with van der Waals surface area (Å²) in [6.45, 7) is 7.59. The highest BCUT2D eigenvalue weighted by Crippen LogP contribution is 2.42. The minimum Gasteiger partial charge on any atom is -0.482 e. The Labute approximate surface area is 180 Å². The first-order valence-electron chi connectivity index (χ1n) is 9.71. The Hall–Kier alpha value is -2.39. The van der Waals surface area contributed by atoms with E-state index in [1.165, 1.54) is 11.0 Å². The molecule has 0 saturated heterocycles. The quantitative estimate of drug-likeness (QED) is 0.785. The van der Waals surface area contributed by atoms with Crippen LogP contribution in [0.2, 0.25) is 5.02 Å². The molecule has 0 radical (unpaired) electrons. The van der Waals surface area contributed by atoms with E-state index in [0.717, 1.165) is 5.56 Å². The molecule has 0 spiro atoms. The van der Waals surface area contributed by atoms with Crippen molar-refractivity contribution in [1.82, 2.24) is 19.7 Å². The summed E-state index contributed by atoms with van der Waals surface area (Å²) < 4.78 is 28.0. The lowest BCUT2D eigenvalue weighted by molar-refractivity contribution is 0.0145. The number of benzene rings is 1. The number of aryl methyl sites for hydroxylation is 1. The average Bonchev–Trinajstić information content (AvgIpc) is 2.97. The minimum absolute atomic E-state index is 0.00601. The third-order valence-corrected chi connectivity index (χ3v) is 5.36. The van der Waals surface area contributed by atoms with E-state index >= 15 is 0 Å². The standard InChI is InChI=1S/C20H27ClFN5O3/c1-11-24-25-16(26(11)5)10-29-18-14(22)8-13(21)12-6-7-27(15(9-23)17(12)18)19(28)30-20(2,3)4/h8,15H,6-7,9-10,23H2,1-5H3/t15-/m1/s1. The first kappa shape index (κ1) is 22.3. The third-order valence-electron chi connectivity index (χ3n) is 5.02. The molecule has 0 aliphatic carbocycles. The van der Waals surface area contributed by atoms with Gasteiger partial charge < -0.3 is 19.8 Å². The van der Waals surface area contributed by atoms with E-state index in [4.69, 9.17) is 26.8 Å². The number of aromatic nitrogens is 3. The van der Waals surface area contributed by atoms with Crippen LogP contribution in [0, 0.1) is 12.7 Å². The second kappa shape index (κ2) is 8.39. The molecule has 1 aromatic carbocycles. The molecule has 2 heterocycles. The Morgan fingerprint density at radius 2 is 2.10 bits per heavy atom. The van der Waals surface area contributed by atoms with E-state index < -0.39 is 23.6 Å². The Balaban J connectivity index is 1.98. The first-order valence-corrected chi connectivity index (χ1v) is 10.1. The van der Waals surface area contributed by atoms with Gasteiger partial charge in [0.15, 0.2) is 17.4 Å². The predicted octanol–water partition coefficient (Wildman–Crippen LogP) is 3.29. The number of nitrogens with zero attached hydrogens (tertiary/aromatic N) is 4. The number of carbonyl (C=O) groups is 1. The van der Waals surface area contributed by atoms with Gasteiger partial charge in [-0.05, 0) is 45.7 Å². The lowest BCUT2D eigenvalue weighted by Gasteiger charge is -2.38. The third kappa shape index (κ3) is 4.37. The van der Waals surface area contributed by atoms with Crippen molar-refractivity contribution in [2.24, 2.45) is 12.8 Å². The molecule has 1 aliphatic rings. The SMILES string of the molecule is Cc1nnc(COc2c(F)cc(Cl)c3c2[C@@H](CN)N(C(=O)OC(C)(C)C)CC3)n1C. The zero-order chi connectivity index (χ0) is 22.2. The van der Waals surface area contributed by atoms with Crippen molar-refractivity contribution in [3.05, 3.63) is 39.7 Å². The van der Waals surface area contributed by atoms with Crippen LogP contribution < -0.4 is 10.5 Å². The normalized spacial score (nSPS) is 16.4. The summed E-state index contributed by atoms with van der Waals surface area (Å²) in [6.07, 6.45) is -0.0808. The fourth-order valence-corrected chi connectivity index (χ4v) is 3.75. The molecule has 8 nitrogen and oxygen atoms in total. The van der Waals surface area contributed by atoms with Crippen LogP contribution in [0.25, 0.3) is 0 Å². The van der Waals surface area contributed by atoms with Gasteiger partial charge in [0.05, 0.1) is 6.04 Å². The summed E-state index contributed by atoms with van der Waals surface area (Å²) in [7, 11) is 1.80. The lowest BCUT2D eigenvalue weighted by Crippen LogP contribution is -2.45. The average molecular weight is 440 g/mol. The van der Waals surface area contributed by atoms with Gasteiger partial charge >= 0.3 is 6.09 Å². The van der Waals surface area contributed by atoms with E-state index in [-0.39, 0.29) is 23.9 Å². The van der Waals surface area contributed by atoms with Gasteiger partial charge in [-0.15, -0.1) is 10.2 Å². The van der Waals surface area contributed by atoms with Crippen molar-refractivity contribution in [3.63, 3.8) is 0 Å². The van der Waals surface area contributed by atoms with Crippen LogP contribution in [0.3, 0.4) is 0 Å². The highest BCUT2D eigenvalue weighted by atomic mass is 35.5. The molecule has 164 valence electrons. The Morgan fingerprint density at radius 3 is 2.67 bits per heavy atom. The predicted molar refractivity (Wildman–Crippen MR) is 110 cm³/mol. The molecule has 3 rings (SSSR count). The molecule has 30 heavy (non-hydrogen) atoms. The molecule has 0 bridgehead atoms. The Morgan fingerprint density at radius 1 is 1.40 bits per heavy atom. The molecule has 1 atom stereocenters. The van der Waals surface area contributed by atoms with Gasteiger partial charge in [0, 0.05) is 30.7 Å². The highest BCUT2D eigenvalue weighted by molar-refractivity contribution is 6.31. The summed E-state index contributed by atoms with van der Waals surface area (Å²) >= 11 is 6.32. The van der Waals surface area contributed by atoms with Crippen molar-refractivity contribution < 1.29 is 18.7 Å². The minimum atomic E-state index is -0.668. The summed E-state index contributed by atoms with van der Waals surface area (Å²) in [5, 5.41) is 8.31. The van der Waals surface area contributed by atoms with Gasteiger partial charge in [0.1, 0.15) is 18.0 Å². The maximum absolute atomic E-state index is 14.9.